The van der Waals surface area contributed by atoms with Gasteiger partial charge in [0, 0.05) is 17.5 Å². The summed E-state index contributed by atoms with van der Waals surface area (Å²) >= 11 is 5.04. The maximum Gasteiger partial charge on any atom is 0.101 e. The van der Waals surface area contributed by atoms with Gasteiger partial charge in [-0.05, 0) is 6.07 Å². The third-order valence-electron chi connectivity index (χ3n) is 1.70. The minimum absolute atomic E-state index is 0. The molecule has 1 aliphatic rings. The zero-order valence-corrected chi connectivity index (χ0v) is 8.49. The molecule has 0 bridgehead atoms. The van der Waals surface area contributed by atoms with Crippen LogP contribution in [0.15, 0.2) is 29.3 Å². The summed E-state index contributed by atoms with van der Waals surface area (Å²) in [7, 11) is 0. The first-order chi connectivity index (χ1) is 5.86. The van der Waals surface area contributed by atoms with E-state index in [1.807, 2.05) is 30.5 Å². The minimum atomic E-state index is 0. The molecule has 0 radical (unpaired) electrons. The minimum Gasteiger partial charge on any atom is -0.348 e. The fourth-order valence-electron chi connectivity index (χ4n) is 1.14. The number of fused-ring (bicyclic) bond motifs is 1. The molecule has 0 amide bonds. The van der Waals surface area contributed by atoms with E-state index in [0.717, 1.165) is 16.2 Å². The average Bonchev–Trinajstić information content (AvgIpc) is 2.25. The summed E-state index contributed by atoms with van der Waals surface area (Å²) in [6.45, 7) is 0.587. The van der Waals surface area contributed by atoms with E-state index in [2.05, 4.69) is 10.3 Å². The zero-order chi connectivity index (χ0) is 8.39. The van der Waals surface area contributed by atoms with Gasteiger partial charge < -0.3 is 5.32 Å². The third-order valence-corrected chi connectivity index (χ3v) is 1.93. The predicted molar refractivity (Wildman–Crippen MR) is 62.4 cm³/mol. The molecule has 68 valence electrons. The number of aliphatic imine (C=N–C) groups is 1. The lowest BCUT2D eigenvalue weighted by atomic mass is 10.2. The molecule has 0 unspecified atom stereocenters. The van der Waals surface area contributed by atoms with Gasteiger partial charge in [0.25, 0.3) is 0 Å². The van der Waals surface area contributed by atoms with Crippen LogP contribution in [0.3, 0.4) is 0 Å². The largest absolute Gasteiger partial charge is 0.348 e. The van der Waals surface area contributed by atoms with Gasteiger partial charge in [0.05, 0.1) is 6.54 Å². The number of para-hydroxylation sites is 1. The molecule has 1 aromatic rings. The van der Waals surface area contributed by atoms with Crippen LogP contribution in [0.25, 0.3) is 0 Å². The second-order valence-corrected chi connectivity index (χ2v) is 3.10. The van der Waals surface area contributed by atoms with Gasteiger partial charge in [-0.1, -0.05) is 30.4 Å². The SMILES string of the molecule is Cl.S=C1CN=Cc2ccccc2N1. The van der Waals surface area contributed by atoms with E-state index in [-0.39, 0.29) is 12.4 Å². The van der Waals surface area contributed by atoms with E-state index in [1.165, 1.54) is 0 Å². The second-order valence-electron chi connectivity index (χ2n) is 2.61. The van der Waals surface area contributed by atoms with Crippen molar-refractivity contribution in [3.05, 3.63) is 29.8 Å². The van der Waals surface area contributed by atoms with E-state index in [9.17, 15) is 0 Å². The van der Waals surface area contributed by atoms with Crippen LogP contribution < -0.4 is 5.32 Å². The Kier molecular flexibility index (Phi) is 3.39. The number of rotatable bonds is 0. The number of anilines is 1. The Labute approximate surface area is 88.5 Å². The fourth-order valence-corrected chi connectivity index (χ4v) is 1.32. The number of nitrogens with one attached hydrogen (secondary N) is 1. The lowest BCUT2D eigenvalue weighted by molar-refractivity contribution is 1.34. The van der Waals surface area contributed by atoms with Crippen LogP contribution in [0.5, 0.6) is 0 Å². The van der Waals surface area contributed by atoms with Crippen LogP contribution in [0, 0.1) is 0 Å². The molecule has 0 fully saturated rings. The highest BCUT2D eigenvalue weighted by atomic mass is 35.5. The van der Waals surface area contributed by atoms with Gasteiger partial charge in [-0.25, -0.2) is 0 Å². The Morgan fingerprint density at radius 3 is 2.92 bits per heavy atom. The Bertz CT molecular complexity index is 349. The molecule has 4 heteroatoms. The molecule has 1 aliphatic heterocycles. The molecular weight excluding hydrogens is 204 g/mol. The van der Waals surface area contributed by atoms with Crippen molar-refractivity contribution in [3.8, 4) is 0 Å². The molecule has 0 aromatic heterocycles. The Morgan fingerprint density at radius 2 is 2.08 bits per heavy atom. The van der Waals surface area contributed by atoms with Crippen molar-refractivity contribution < 1.29 is 0 Å². The van der Waals surface area contributed by atoms with Crippen LogP contribution in [0.2, 0.25) is 0 Å². The van der Waals surface area contributed by atoms with Gasteiger partial charge >= 0.3 is 0 Å². The molecule has 13 heavy (non-hydrogen) atoms. The lowest BCUT2D eigenvalue weighted by Crippen LogP contribution is -2.10. The molecule has 0 aliphatic carbocycles. The van der Waals surface area contributed by atoms with Crippen molar-refractivity contribution in [2.24, 2.45) is 4.99 Å². The summed E-state index contributed by atoms with van der Waals surface area (Å²) in [6, 6.07) is 7.98. The van der Waals surface area contributed by atoms with E-state index in [0.29, 0.717) is 6.54 Å². The highest BCUT2D eigenvalue weighted by Gasteiger charge is 2.04. The molecule has 1 N–H and O–H groups in total. The number of halogens is 1. The Balaban J connectivity index is 0.000000845. The standard InChI is InChI=1S/C9H8N2S.ClH/c12-9-6-10-5-7-3-1-2-4-8(7)11-9;/h1-5H,6H2,(H,11,12);1H. The summed E-state index contributed by atoms with van der Waals surface area (Å²) in [5.74, 6) is 0. The first kappa shape index (κ1) is 10.2. The summed E-state index contributed by atoms with van der Waals surface area (Å²) < 4.78 is 0. The van der Waals surface area contributed by atoms with Crippen LogP contribution in [-0.4, -0.2) is 17.7 Å². The molecule has 0 atom stereocenters. The van der Waals surface area contributed by atoms with E-state index in [1.54, 1.807) is 0 Å². The van der Waals surface area contributed by atoms with Gasteiger partial charge in [0.15, 0.2) is 0 Å². The Morgan fingerprint density at radius 1 is 1.31 bits per heavy atom. The second kappa shape index (κ2) is 4.35. The van der Waals surface area contributed by atoms with E-state index in [4.69, 9.17) is 12.2 Å². The van der Waals surface area contributed by atoms with Crippen molar-refractivity contribution in [2.45, 2.75) is 0 Å². The monoisotopic (exact) mass is 212 g/mol. The quantitative estimate of drug-likeness (QED) is 0.668. The molecule has 1 heterocycles. The van der Waals surface area contributed by atoms with Crippen molar-refractivity contribution in [1.29, 1.82) is 0 Å². The number of benzodiazepines with no additional fused rings is 1. The molecule has 2 nitrogen and oxygen atoms in total. The fraction of sp³-hybridized carbons (Fsp3) is 0.111. The smallest absolute Gasteiger partial charge is 0.101 e. The molecule has 1 aromatic carbocycles. The number of thiocarbonyl (C=S) groups is 1. The molecule has 0 spiro atoms. The van der Waals surface area contributed by atoms with E-state index >= 15 is 0 Å². The van der Waals surface area contributed by atoms with E-state index < -0.39 is 0 Å². The summed E-state index contributed by atoms with van der Waals surface area (Å²) in [6.07, 6.45) is 1.85. The van der Waals surface area contributed by atoms with Gasteiger partial charge in [-0.2, -0.15) is 0 Å². The topological polar surface area (TPSA) is 24.4 Å². The Hall–Kier alpha value is -0.930. The molecular formula is C9H9ClN2S. The summed E-state index contributed by atoms with van der Waals surface area (Å²) in [4.78, 5) is 4.94. The summed E-state index contributed by atoms with van der Waals surface area (Å²) in [5.41, 5.74) is 2.14. The first-order valence-electron chi connectivity index (χ1n) is 3.75. The van der Waals surface area contributed by atoms with Crippen molar-refractivity contribution in [3.63, 3.8) is 0 Å². The van der Waals surface area contributed by atoms with Gasteiger partial charge in [0.2, 0.25) is 0 Å². The molecule has 2 rings (SSSR count). The first-order valence-corrected chi connectivity index (χ1v) is 4.16. The van der Waals surface area contributed by atoms with Crippen molar-refractivity contribution in [1.82, 2.24) is 0 Å². The average molecular weight is 213 g/mol. The maximum atomic E-state index is 5.04. The summed E-state index contributed by atoms with van der Waals surface area (Å²) in [5, 5.41) is 3.13. The lowest BCUT2D eigenvalue weighted by Gasteiger charge is -2.04. The third kappa shape index (κ3) is 2.26. The maximum absolute atomic E-state index is 5.04. The van der Waals surface area contributed by atoms with Crippen LogP contribution in [0.1, 0.15) is 5.56 Å². The number of hydrogen-bond acceptors (Lipinski definition) is 2. The highest BCUT2D eigenvalue weighted by Crippen LogP contribution is 2.14. The normalized spacial score (nSPS) is 13.7. The van der Waals surface area contributed by atoms with Gasteiger partial charge in [-0.3, -0.25) is 4.99 Å². The predicted octanol–water partition coefficient (Wildman–Crippen LogP) is 2.28. The van der Waals surface area contributed by atoms with Crippen molar-refractivity contribution >= 4 is 41.5 Å². The number of hydrogen-bond donors (Lipinski definition) is 1. The molecule has 0 saturated heterocycles. The number of benzene rings is 1. The zero-order valence-electron chi connectivity index (χ0n) is 6.86. The highest BCUT2D eigenvalue weighted by molar-refractivity contribution is 7.80. The van der Waals surface area contributed by atoms with Crippen LogP contribution in [0.4, 0.5) is 5.69 Å². The van der Waals surface area contributed by atoms with Crippen molar-refractivity contribution in [2.75, 3.05) is 11.9 Å². The number of nitrogens with zero attached hydrogens (tertiary/aromatic N) is 1. The molecule has 0 saturated carbocycles. The van der Waals surface area contributed by atoms with Crippen LogP contribution >= 0.6 is 24.6 Å². The van der Waals surface area contributed by atoms with Gasteiger partial charge in [-0.15, -0.1) is 12.4 Å². The van der Waals surface area contributed by atoms with Crippen LogP contribution in [-0.2, 0) is 0 Å². The van der Waals surface area contributed by atoms with Gasteiger partial charge in [0.1, 0.15) is 4.99 Å².